The molecule has 0 saturated carbocycles. The summed E-state index contributed by atoms with van der Waals surface area (Å²) in [5.74, 6) is -0.205. The van der Waals surface area contributed by atoms with Crippen LogP contribution in [0.4, 0.5) is 4.39 Å². The Morgan fingerprint density at radius 1 is 1.30 bits per heavy atom. The maximum atomic E-state index is 13.0. The number of carbonyl (C=O) groups excluding carboxylic acids is 1. The van der Waals surface area contributed by atoms with Gasteiger partial charge in [-0.05, 0) is 52.3 Å². The Morgan fingerprint density at radius 2 is 1.85 bits per heavy atom. The molecule has 20 heavy (non-hydrogen) atoms. The first kappa shape index (κ1) is 16.6. The standard InChI is InChI=1S/C16H25FN2O/c1-6-19(15(20)11-18-16(3,4)5)12(2)13-7-9-14(17)10-8-13/h7-10,12,18H,6,11H2,1-5H3. The molecular formula is C16H25FN2O. The summed E-state index contributed by atoms with van der Waals surface area (Å²) in [4.78, 5) is 14.1. The summed E-state index contributed by atoms with van der Waals surface area (Å²) >= 11 is 0. The largest absolute Gasteiger partial charge is 0.335 e. The molecule has 0 spiro atoms. The molecule has 0 saturated heterocycles. The fourth-order valence-corrected chi connectivity index (χ4v) is 2.03. The zero-order valence-corrected chi connectivity index (χ0v) is 13.0. The van der Waals surface area contributed by atoms with E-state index in [2.05, 4.69) is 5.32 Å². The van der Waals surface area contributed by atoms with E-state index in [0.29, 0.717) is 13.1 Å². The zero-order valence-electron chi connectivity index (χ0n) is 13.0. The second-order valence-corrected chi connectivity index (χ2v) is 6.01. The van der Waals surface area contributed by atoms with E-state index >= 15 is 0 Å². The van der Waals surface area contributed by atoms with E-state index in [9.17, 15) is 9.18 Å². The number of hydrogen-bond acceptors (Lipinski definition) is 2. The monoisotopic (exact) mass is 280 g/mol. The first-order valence-corrected chi connectivity index (χ1v) is 7.04. The van der Waals surface area contributed by atoms with Gasteiger partial charge in [0.25, 0.3) is 0 Å². The van der Waals surface area contributed by atoms with E-state index in [1.165, 1.54) is 12.1 Å². The van der Waals surface area contributed by atoms with Gasteiger partial charge in [-0.15, -0.1) is 0 Å². The Labute approximate surface area is 121 Å². The van der Waals surface area contributed by atoms with Crippen LogP contribution in [0.25, 0.3) is 0 Å². The molecule has 1 unspecified atom stereocenters. The second kappa shape index (κ2) is 6.84. The SMILES string of the molecule is CCN(C(=O)CNC(C)(C)C)C(C)c1ccc(F)cc1. The molecule has 0 aliphatic heterocycles. The molecule has 0 aliphatic rings. The minimum Gasteiger partial charge on any atom is -0.335 e. The van der Waals surface area contributed by atoms with E-state index in [-0.39, 0.29) is 23.3 Å². The normalized spacial score (nSPS) is 13.1. The number of nitrogens with one attached hydrogen (secondary N) is 1. The predicted molar refractivity (Wildman–Crippen MR) is 80.0 cm³/mol. The van der Waals surface area contributed by atoms with Crippen molar-refractivity contribution >= 4 is 5.91 Å². The van der Waals surface area contributed by atoms with Crippen LogP contribution in [0, 0.1) is 5.82 Å². The number of nitrogens with zero attached hydrogens (tertiary/aromatic N) is 1. The lowest BCUT2D eigenvalue weighted by molar-refractivity contribution is -0.132. The van der Waals surface area contributed by atoms with Gasteiger partial charge < -0.3 is 10.2 Å². The van der Waals surface area contributed by atoms with Crippen LogP contribution in [-0.2, 0) is 4.79 Å². The highest BCUT2D eigenvalue weighted by molar-refractivity contribution is 5.78. The first-order chi connectivity index (χ1) is 9.24. The molecule has 0 aromatic heterocycles. The third kappa shape index (κ3) is 4.93. The molecule has 1 atom stereocenters. The summed E-state index contributed by atoms with van der Waals surface area (Å²) in [6.07, 6.45) is 0. The smallest absolute Gasteiger partial charge is 0.237 e. The van der Waals surface area contributed by atoms with Gasteiger partial charge in [0.05, 0.1) is 12.6 Å². The highest BCUT2D eigenvalue weighted by atomic mass is 19.1. The summed E-state index contributed by atoms with van der Waals surface area (Å²) in [5.41, 5.74) is 0.853. The van der Waals surface area contributed by atoms with Crippen molar-refractivity contribution in [1.29, 1.82) is 0 Å². The van der Waals surface area contributed by atoms with E-state index in [0.717, 1.165) is 5.56 Å². The quantitative estimate of drug-likeness (QED) is 0.898. The third-order valence-corrected chi connectivity index (χ3v) is 3.25. The molecule has 1 aromatic carbocycles. The van der Waals surface area contributed by atoms with Crippen LogP contribution in [0.5, 0.6) is 0 Å². The third-order valence-electron chi connectivity index (χ3n) is 3.25. The molecule has 1 aromatic rings. The van der Waals surface area contributed by atoms with Gasteiger partial charge in [-0.1, -0.05) is 12.1 Å². The van der Waals surface area contributed by atoms with Gasteiger partial charge in [-0.25, -0.2) is 4.39 Å². The minimum atomic E-state index is -0.260. The molecule has 112 valence electrons. The maximum Gasteiger partial charge on any atom is 0.237 e. The number of carbonyl (C=O) groups is 1. The van der Waals surface area contributed by atoms with Crippen molar-refractivity contribution in [3.05, 3.63) is 35.6 Å². The van der Waals surface area contributed by atoms with Crippen molar-refractivity contribution in [2.45, 2.75) is 46.2 Å². The summed E-state index contributed by atoms with van der Waals surface area (Å²) in [5, 5.41) is 3.20. The van der Waals surface area contributed by atoms with Gasteiger partial charge in [0.15, 0.2) is 0 Å². The Bertz CT molecular complexity index is 437. The lowest BCUT2D eigenvalue weighted by Gasteiger charge is -2.30. The number of rotatable bonds is 5. The average Bonchev–Trinajstić information content (AvgIpc) is 2.37. The second-order valence-electron chi connectivity index (χ2n) is 6.01. The minimum absolute atomic E-state index is 0.0549. The van der Waals surface area contributed by atoms with Crippen molar-refractivity contribution in [2.24, 2.45) is 0 Å². The molecule has 0 fully saturated rings. The van der Waals surface area contributed by atoms with Gasteiger partial charge in [0, 0.05) is 12.1 Å². The van der Waals surface area contributed by atoms with Crippen LogP contribution in [0.15, 0.2) is 24.3 Å². The fourth-order valence-electron chi connectivity index (χ4n) is 2.03. The highest BCUT2D eigenvalue weighted by Crippen LogP contribution is 2.20. The molecule has 0 radical (unpaired) electrons. The van der Waals surface area contributed by atoms with Gasteiger partial charge in [0.1, 0.15) is 5.82 Å². The molecule has 0 aliphatic carbocycles. The van der Waals surface area contributed by atoms with Crippen LogP contribution in [0.3, 0.4) is 0 Å². The van der Waals surface area contributed by atoms with Gasteiger partial charge in [-0.2, -0.15) is 0 Å². The number of benzene rings is 1. The predicted octanol–water partition coefficient (Wildman–Crippen LogP) is 3.12. The summed E-state index contributed by atoms with van der Waals surface area (Å²) in [7, 11) is 0. The Hall–Kier alpha value is -1.42. The number of amides is 1. The van der Waals surface area contributed by atoms with Crippen LogP contribution < -0.4 is 5.32 Å². The summed E-state index contributed by atoms with van der Waals surface area (Å²) in [6.45, 7) is 10.9. The van der Waals surface area contributed by atoms with E-state index in [1.807, 2.05) is 34.6 Å². The number of halogens is 1. The zero-order chi connectivity index (χ0) is 15.3. The van der Waals surface area contributed by atoms with Crippen molar-refractivity contribution < 1.29 is 9.18 Å². The molecule has 0 heterocycles. The highest BCUT2D eigenvalue weighted by Gasteiger charge is 2.21. The van der Waals surface area contributed by atoms with Crippen molar-refractivity contribution in [3.8, 4) is 0 Å². The maximum absolute atomic E-state index is 13.0. The number of hydrogen-bond donors (Lipinski definition) is 1. The molecule has 1 rings (SSSR count). The fraction of sp³-hybridized carbons (Fsp3) is 0.562. The first-order valence-electron chi connectivity index (χ1n) is 7.04. The Balaban J connectivity index is 2.74. The van der Waals surface area contributed by atoms with E-state index in [1.54, 1.807) is 17.0 Å². The van der Waals surface area contributed by atoms with Crippen LogP contribution in [0.2, 0.25) is 0 Å². The van der Waals surface area contributed by atoms with Gasteiger partial charge in [-0.3, -0.25) is 4.79 Å². The van der Waals surface area contributed by atoms with Gasteiger partial charge >= 0.3 is 0 Å². The van der Waals surface area contributed by atoms with Crippen molar-refractivity contribution in [3.63, 3.8) is 0 Å². The number of likely N-dealkylation sites (N-methyl/N-ethyl adjacent to an activating group) is 1. The average molecular weight is 280 g/mol. The molecule has 1 N–H and O–H groups in total. The van der Waals surface area contributed by atoms with Gasteiger partial charge in [0.2, 0.25) is 5.91 Å². The van der Waals surface area contributed by atoms with Crippen molar-refractivity contribution in [1.82, 2.24) is 10.2 Å². The molecule has 4 heteroatoms. The molecule has 1 amide bonds. The van der Waals surface area contributed by atoms with Crippen LogP contribution >= 0.6 is 0 Å². The van der Waals surface area contributed by atoms with E-state index in [4.69, 9.17) is 0 Å². The summed E-state index contributed by atoms with van der Waals surface area (Å²) in [6, 6.07) is 6.25. The van der Waals surface area contributed by atoms with Crippen LogP contribution in [0.1, 0.15) is 46.2 Å². The van der Waals surface area contributed by atoms with Crippen LogP contribution in [-0.4, -0.2) is 29.4 Å². The molecular weight excluding hydrogens is 255 g/mol. The lowest BCUT2D eigenvalue weighted by Crippen LogP contribution is -2.45. The molecule has 3 nitrogen and oxygen atoms in total. The topological polar surface area (TPSA) is 32.3 Å². The lowest BCUT2D eigenvalue weighted by atomic mass is 10.1. The van der Waals surface area contributed by atoms with Crippen molar-refractivity contribution in [2.75, 3.05) is 13.1 Å². The van der Waals surface area contributed by atoms with E-state index < -0.39 is 0 Å². The Kier molecular flexibility index (Phi) is 5.69. The Morgan fingerprint density at radius 3 is 2.30 bits per heavy atom. The molecule has 0 bridgehead atoms. The summed E-state index contributed by atoms with van der Waals surface area (Å²) < 4.78 is 13.0.